The standard InChI is InChI=1S/C48H75N17O13/c1-24(2)14-28(49)39(69)59-30(15-25(3)4)40(70)60-31(16-26-20-53-22-56-26)41(71)61-32(19-38(67)68)42(72)62-33(17-27-21-54-23-57-27)45(75)64-12-7-10-36(64)44(74)63-34(18-37(50)66)46(76)65-13-6-9-35(65)43(73)58-29(47(77)78)8-5-11-55-48(51)52/h20-25,28-36H,5-19,49H2,1-4H3,(H2,50,66)(H,53,56)(H,54,57)(H,58,73)(H,59,69)(H,60,70)(H,61,71)(H,62,72)(H,63,74)(H,67,68)(H,77,78)(H4,51,52,55)/t28-,29-,30+,31-,32-,33-,34-,35-,36-/m0/s1. The largest absolute Gasteiger partial charge is 0.481 e. The molecular weight excluding hydrogens is 1020 g/mol. The maximum Gasteiger partial charge on any atom is 0.326 e. The van der Waals surface area contributed by atoms with E-state index in [1.165, 1.54) is 25.0 Å². The van der Waals surface area contributed by atoms with Crippen molar-refractivity contribution in [1.29, 1.82) is 0 Å². The van der Waals surface area contributed by atoms with Gasteiger partial charge in [-0.05, 0) is 63.2 Å². The minimum Gasteiger partial charge on any atom is -0.481 e. The van der Waals surface area contributed by atoms with Crippen LogP contribution in [0.5, 0.6) is 0 Å². The fraction of sp³-hybridized carbons (Fsp3) is 0.625. The van der Waals surface area contributed by atoms with Crippen molar-refractivity contribution in [2.45, 2.75) is 159 Å². The number of carbonyl (C=O) groups excluding carboxylic acids is 9. The number of carboxylic acids is 2. The van der Waals surface area contributed by atoms with Crippen LogP contribution < -0.4 is 54.8 Å². The molecule has 0 radical (unpaired) electrons. The molecule has 30 heteroatoms. The molecule has 2 aliphatic rings. The molecule has 0 aliphatic carbocycles. The van der Waals surface area contributed by atoms with Gasteiger partial charge in [0.2, 0.25) is 53.2 Å². The number of aromatic amines is 2. The first kappa shape index (κ1) is 62.4. The minimum atomic E-state index is -1.87. The van der Waals surface area contributed by atoms with E-state index in [4.69, 9.17) is 22.9 Å². The summed E-state index contributed by atoms with van der Waals surface area (Å²) in [6, 6.07) is -12.4. The predicted molar refractivity (Wildman–Crippen MR) is 276 cm³/mol. The molecule has 18 N–H and O–H groups in total. The van der Waals surface area contributed by atoms with Crippen LogP contribution in [0.4, 0.5) is 0 Å². The molecule has 0 spiro atoms. The van der Waals surface area contributed by atoms with Crippen molar-refractivity contribution < 1.29 is 63.0 Å². The van der Waals surface area contributed by atoms with Gasteiger partial charge in [-0.2, -0.15) is 0 Å². The van der Waals surface area contributed by atoms with Crippen molar-refractivity contribution in [2.24, 2.45) is 39.8 Å². The number of carbonyl (C=O) groups is 11. The first-order valence-electron chi connectivity index (χ1n) is 25.8. The second-order valence-electron chi connectivity index (χ2n) is 20.2. The molecule has 78 heavy (non-hydrogen) atoms. The topological polar surface area (TPSA) is 481 Å². The Morgan fingerprint density at radius 1 is 0.628 bits per heavy atom. The van der Waals surface area contributed by atoms with Crippen molar-refractivity contribution in [3.63, 3.8) is 0 Å². The SMILES string of the molecule is CC(C)C[C@H](N)C(=O)N[C@H](CC(C)C)C(=O)N[C@@H](Cc1cnc[nH]1)C(=O)N[C@@H](CC(=O)O)C(=O)N[C@@H](Cc1cnc[nH]1)C(=O)N1CCC[C@H]1C(=O)N[C@@H](CC(N)=O)C(=O)N1CCC[C@H]1C(=O)N[C@@H](CCCN=C(N)N)C(=O)O. The third-order valence-electron chi connectivity index (χ3n) is 12.9. The van der Waals surface area contributed by atoms with E-state index in [-0.39, 0.29) is 88.8 Å². The molecule has 4 heterocycles. The van der Waals surface area contributed by atoms with Crippen molar-refractivity contribution in [3.8, 4) is 0 Å². The molecule has 2 aromatic heterocycles. The number of likely N-dealkylation sites (tertiary alicyclic amines) is 2. The molecule has 0 saturated carbocycles. The van der Waals surface area contributed by atoms with Crippen LogP contribution in [-0.4, -0.2) is 185 Å². The second kappa shape index (κ2) is 29.9. The van der Waals surface area contributed by atoms with Gasteiger partial charge in [-0.1, -0.05) is 27.7 Å². The molecule has 9 atom stereocenters. The van der Waals surface area contributed by atoms with Crippen molar-refractivity contribution >= 4 is 71.1 Å². The van der Waals surface area contributed by atoms with E-state index in [0.717, 1.165) is 9.80 Å². The van der Waals surface area contributed by atoms with E-state index in [1.807, 2.05) is 27.7 Å². The van der Waals surface area contributed by atoms with E-state index in [1.54, 1.807) is 0 Å². The minimum absolute atomic E-state index is 0.00282. The summed E-state index contributed by atoms with van der Waals surface area (Å²) in [4.78, 5) is 168. The first-order chi connectivity index (χ1) is 36.8. The monoisotopic (exact) mass is 1100 g/mol. The van der Waals surface area contributed by atoms with Gasteiger partial charge in [0, 0.05) is 56.3 Å². The molecule has 430 valence electrons. The number of hydrogen-bond donors (Lipinski definition) is 14. The van der Waals surface area contributed by atoms with Crippen LogP contribution >= 0.6 is 0 Å². The van der Waals surface area contributed by atoms with Crippen LogP contribution in [0.15, 0.2) is 30.0 Å². The van der Waals surface area contributed by atoms with Gasteiger partial charge in [-0.3, -0.25) is 52.9 Å². The van der Waals surface area contributed by atoms with Crippen LogP contribution in [-0.2, 0) is 65.6 Å². The summed E-state index contributed by atoms with van der Waals surface area (Å²) in [5, 5.41) is 34.9. The van der Waals surface area contributed by atoms with Crippen LogP contribution in [0.2, 0.25) is 0 Å². The number of H-pyrrole nitrogens is 2. The van der Waals surface area contributed by atoms with Crippen LogP contribution in [0, 0.1) is 11.8 Å². The molecule has 2 fully saturated rings. The average molecular weight is 1100 g/mol. The molecular formula is C48H75N17O13. The quantitative estimate of drug-likeness (QED) is 0.0193. The third-order valence-corrected chi connectivity index (χ3v) is 12.9. The third kappa shape index (κ3) is 19.4. The summed E-state index contributed by atoms with van der Waals surface area (Å²) in [6.07, 6.45) is 4.49. The van der Waals surface area contributed by atoms with Gasteiger partial charge in [-0.25, -0.2) is 14.8 Å². The average Bonchev–Trinajstić information content (AvgIpc) is 4.24. The Labute approximate surface area is 449 Å². The molecule has 0 bridgehead atoms. The number of rotatable bonds is 31. The number of aliphatic carboxylic acids is 2. The summed E-state index contributed by atoms with van der Waals surface area (Å²) >= 11 is 0. The second-order valence-corrected chi connectivity index (χ2v) is 20.2. The summed E-state index contributed by atoms with van der Waals surface area (Å²) < 4.78 is 0. The lowest BCUT2D eigenvalue weighted by Crippen LogP contribution is -2.61. The van der Waals surface area contributed by atoms with E-state index in [2.05, 4.69) is 56.8 Å². The zero-order valence-electron chi connectivity index (χ0n) is 44.2. The number of amides is 9. The summed E-state index contributed by atoms with van der Waals surface area (Å²) in [5.41, 5.74) is 23.0. The van der Waals surface area contributed by atoms with E-state index in [9.17, 15) is 63.0 Å². The Morgan fingerprint density at radius 2 is 1.10 bits per heavy atom. The smallest absolute Gasteiger partial charge is 0.326 e. The van der Waals surface area contributed by atoms with E-state index in [0.29, 0.717) is 24.2 Å². The van der Waals surface area contributed by atoms with Gasteiger partial charge in [0.1, 0.15) is 48.3 Å². The summed E-state index contributed by atoms with van der Waals surface area (Å²) in [5.74, 6) is -11.0. The van der Waals surface area contributed by atoms with E-state index < -0.39 is 132 Å². The Morgan fingerprint density at radius 3 is 1.59 bits per heavy atom. The highest BCUT2D eigenvalue weighted by Crippen LogP contribution is 2.23. The molecule has 2 saturated heterocycles. The Kier molecular flexibility index (Phi) is 23.9. The summed E-state index contributed by atoms with van der Waals surface area (Å²) in [6.45, 7) is 7.46. The number of carboxylic acid groups (broad SMARTS) is 2. The lowest BCUT2D eigenvalue weighted by molar-refractivity contribution is -0.146. The lowest BCUT2D eigenvalue weighted by Gasteiger charge is -2.32. The number of imidazole rings is 2. The van der Waals surface area contributed by atoms with Crippen molar-refractivity contribution in [3.05, 3.63) is 36.4 Å². The van der Waals surface area contributed by atoms with E-state index >= 15 is 0 Å². The maximum absolute atomic E-state index is 14.6. The van der Waals surface area contributed by atoms with Gasteiger partial charge in [0.05, 0.1) is 31.5 Å². The summed E-state index contributed by atoms with van der Waals surface area (Å²) in [7, 11) is 0. The molecule has 30 nitrogen and oxygen atoms in total. The zero-order chi connectivity index (χ0) is 57.8. The molecule has 2 aromatic rings. The number of nitrogens with zero attached hydrogens (tertiary/aromatic N) is 5. The van der Waals surface area contributed by atoms with Gasteiger partial charge >= 0.3 is 11.9 Å². The van der Waals surface area contributed by atoms with Gasteiger partial charge < -0.3 is 84.8 Å². The number of nitrogens with two attached hydrogens (primary N) is 4. The number of aliphatic imine (C=N–C) groups is 1. The zero-order valence-corrected chi connectivity index (χ0v) is 44.2. The fourth-order valence-corrected chi connectivity index (χ4v) is 9.14. The molecule has 0 aromatic carbocycles. The highest BCUT2D eigenvalue weighted by atomic mass is 16.4. The molecule has 4 rings (SSSR count). The fourth-order valence-electron chi connectivity index (χ4n) is 9.14. The highest BCUT2D eigenvalue weighted by Gasteiger charge is 2.43. The first-order valence-corrected chi connectivity index (χ1v) is 25.8. The van der Waals surface area contributed by atoms with Crippen molar-refractivity contribution in [2.75, 3.05) is 19.6 Å². The molecule has 9 amide bonds. The normalized spacial score (nSPS) is 17.8. The highest BCUT2D eigenvalue weighted by molar-refractivity contribution is 6.00. The predicted octanol–water partition coefficient (Wildman–Crippen LogP) is -4.28. The van der Waals surface area contributed by atoms with Crippen LogP contribution in [0.3, 0.4) is 0 Å². The van der Waals surface area contributed by atoms with Gasteiger partial charge in [0.25, 0.3) is 0 Å². The Balaban J connectivity index is 1.55. The molecule has 0 unspecified atom stereocenters. The number of aromatic nitrogens is 4. The van der Waals surface area contributed by atoms with Crippen LogP contribution in [0.25, 0.3) is 0 Å². The maximum atomic E-state index is 14.6. The van der Waals surface area contributed by atoms with Gasteiger partial charge in [0.15, 0.2) is 5.96 Å². The van der Waals surface area contributed by atoms with Crippen molar-refractivity contribution in [1.82, 2.24) is 61.6 Å². The molecule has 2 aliphatic heterocycles. The number of guanidine groups is 1. The Hall–Kier alpha value is -8.18. The number of primary amides is 1. The number of hydrogen-bond acceptors (Lipinski definition) is 15. The van der Waals surface area contributed by atoms with Gasteiger partial charge in [-0.15, -0.1) is 0 Å². The number of nitrogens with one attached hydrogen (secondary N) is 8. The lowest BCUT2D eigenvalue weighted by atomic mass is 10.00. The Bertz CT molecular complexity index is 2450. The van der Waals surface area contributed by atoms with Crippen LogP contribution in [0.1, 0.15) is 103 Å².